The maximum absolute atomic E-state index is 12.4. The molecule has 0 atom stereocenters. The van der Waals surface area contributed by atoms with E-state index in [1.165, 1.54) is 0 Å². The Labute approximate surface area is 138 Å². The Kier molecular flexibility index (Phi) is 5.31. The van der Waals surface area contributed by atoms with Gasteiger partial charge in [-0.05, 0) is 35.9 Å². The fourth-order valence-electron chi connectivity index (χ4n) is 1.97. The van der Waals surface area contributed by atoms with Crippen LogP contribution in [0.1, 0.15) is 15.9 Å². The lowest BCUT2D eigenvalue weighted by molar-refractivity contribution is 0.0781. The van der Waals surface area contributed by atoms with E-state index >= 15 is 0 Å². The van der Waals surface area contributed by atoms with Gasteiger partial charge in [-0.2, -0.15) is 0 Å². The van der Waals surface area contributed by atoms with Gasteiger partial charge in [0.25, 0.3) is 5.91 Å². The summed E-state index contributed by atoms with van der Waals surface area (Å²) >= 11 is 7.72. The Bertz CT molecular complexity index is 643. The van der Waals surface area contributed by atoms with E-state index in [1.54, 1.807) is 25.1 Å². The molecule has 110 valence electrons. The molecule has 0 bridgehead atoms. The Morgan fingerprint density at radius 3 is 2.48 bits per heavy atom. The summed E-state index contributed by atoms with van der Waals surface area (Å²) in [5.74, 6) is 0.751. The quantitative estimate of drug-likeness (QED) is 0.829. The van der Waals surface area contributed by atoms with Gasteiger partial charge in [-0.3, -0.25) is 4.79 Å². The predicted octanol–water partition coefficient (Wildman–Crippen LogP) is 4.02. The van der Waals surface area contributed by atoms with Crippen LogP contribution in [-0.4, -0.2) is 25.0 Å². The molecule has 2 aromatic rings. The summed E-state index contributed by atoms with van der Waals surface area (Å²) < 4.78 is 6.03. The van der Waals surface area contributed by atoms with E-state index in [2.05, 4.69) is 28.6 Å². The van der Waals surface area contributed by atoms with E-state index < -0.39 is 0 Å². The fourth-order valence-corrected chi connectivity index (χ4v) is 2.82. The molecule has 0 unspecified atom stereocenters. The van der Waals surface area contributed by atoms with Crippen molar-refractivity contribution in [2.24, 2.45) is 0 Å². The molecular weight excluding hydrogens is 350 g/mol. The molecule has 0 fully saturated rings. The number of carbonyl (C=O) groups is 1. The topological polar surface area (TPSA) is 29.5 Å². The second-order valence-electron chi connectivity index (χ2n) is 4.67. The lowest BCUT2D eigenvalue weighted by atomic mass is 10.1. The van der Waals surface area contributed by atoms with Crippen molar-refractivity contribution >= 4 is 34.5 Å². The first-order valence-electron chi connectivity index (χ1n) is 6.38. The number of methoxy groups -OCH3 is 1. The summed E-state index contributed by atoms with van der Waals surface area (Å²) in [6, 6.07) is 13.1. The maximum Gasteiger partial charge on any atom is 0.255 e. The minimum Gasteiger partial charge on any atom is -0.497 e. The highest BCUT2D eigenvalue weighted by Gasteiger charge is 2.15. The number of nitrogens with zero attached hydrogens (tertiary/aromatic N) is 1. The van der Waals surface area contributed by atoms with E-state index in [-0.39, 0.29) is 5.91 Å². The number of hydrogen-bond donors (Lipinski definition) is 1. The van der Waals surface area contributed by atoms with E-state index in [0.29, 0.717) is 17.0 Å². The molecule has 3 nitrogen and oxygen atoms in total. The minimum absolute atomic E-state index is 0.0525. The predicted molar refractivity (Wildman–Crippen MR) is 90.2 cm³/mol. The zero-order valence-corrected chi connectivity index (χ0v) is 14.3. The van der Waals surface area contributed by atoms with Crippen molar-refractivity contribution < 1.29 is 9.53 Å². The van der Waals surface area contributed by atoms with Gasteiger partial charge in [-0.1, -0.05) is 28.1 Å². The van der Waals surface area contributed by atoms with Crippen molar-refractivity contribution in [1.29, 1.82) is 0 Å². The first kappa shape index (κ1) is 15.9. The summed E-state index contributed by atoms with van der Waals surface area (Å²) in [7, 11) is 3.41. The van der Waals surface area contributed by atoms with Crippen LogP contribution in [0.4, 0.5) is 0 Å². The smallest absolute Gasteiger partial charge is 0.255 e. The first-order chi connectivity index (χ1) is 10.0. The van der Waals surface area contributed by atoms with Crippen LogP contribution in [0, 0.1) is 0 Å². The molecule has 0 saturated heterocycles. The number of rotatable bonds is 4. The summed E-state index contributed by atoms with van der Waals surface area (Å²) in [5.41, 5.74) is 1.64. The summed E-state index contributed by atoms with van der Waals surface area (Å²) in [6.45, 7) is 0.534. The minimum atomic E-state index is -0.0525. The van der Waals surface area contributed by atoms with Gasteiger partial charge in [0.1, 0.15) is 5.75 Å². The zero-order valence-electron chi connectivity index (χ0n) is 11.8. The van der Waals surface area contributed by atoms with Gasteiger partial charge in [0, 0.05) is 23.0 Å². The van der Waals surface area contributed by atoms with Crippen LogP contribution in [-0.2, 0) is 6.54 Å². The Morgan fingerprint density at radius 2 is 1.90 bits per heavy atom. The third kappa shape index (κ3) is 4.02. The molecule has 0 aromatic heterocycles. The standard InChI is InChI=1S/C16H16BrNO2S/c1-18(10-11-3-6-13(20-2)7-4-11)16(19)14-8-5-12(17)9-15(14)21/h3-9,21H,10H2,1-2H3. The van der Waals surface area contributed by atoms with E-state index in [0.717, 1.165) is 15.8 Å². The first-order valence-corrected chi connectivity index (χ1v) is 7.62. The Balaban J connectivity index is 2.11. The molecule has 0 aliphatic heterocycles. The van der Waals surface area contributed by atoms with Gasteiger partial charge in [-0.15, -0.1) is 12.6 Å². The third-order valence-corrected chi connectivity index (χ3v) is 3.98. The summed E-state index contributed by atoms with van der Waals surface area (Å²) in [5, 5.41) is 0. The van der Waals surface area contributed by atoms with Crippen molar-refractivity contribution in [2.45, 2.75) is 11.4 Å². The zero-order chi connectivity index (χ0) is 15.4. The van der Waals surface area contributed by atoms with Crippen LogP contribution >= 0.6 is 28.6 Å². The number of thiol groups is 1. The van der Waals surface area contributed by atoms with Gasteiger partial charge >= 0.3 is 0 Å². The fraction of sp³-hybridized carbons (Fsp3) is 0.188. The number of amides is 1. The largest absolute Gasteiger partial charge is 0.497 e. The van der Waals surface area contributed by atoms with Crippen molar-refractivity contribution in [3.05, 3.63) is 58.1 Å². The molecule has 0 spiro atoms. The average Bonchev–Trinajstić information content (AvgIpc) is 2.47. The lowest BCUT2D eigenvalue weighted by Gasteiger charge is -2.18. The highest BCUT2D eigenvalue weighted by molar-refractivity contribution is 9.10. The maximum atomic E-state index is 12.4. The highest BCUT2D eigenvalue weighted by atomic mass is 79.9. The van der Waals surface area contributed by atoms with Gasteiger partial charge in [0.2, 0.25) is 0 Å². The SMILES string of the molecule is COc1ccc(CN(C)C(=O)c2ccc(Br)cc2S)cc1. The molecule has 2 rings (SSSR count). The van der Waals surface area contributed by atoms with Gasteiger partial charge < -0.3 is 9.64 Å². The molecular formula is C16H16BrNO2S. The highest BCUT2D eigenvalue weighted by Crippen LogP contribution is 2.21. The van der Waals surface area contributed by atoms with Gasteiger partial charge in [0.05, 0.1) is 12.7 Å². The molecule has 0 N–H and O–H groups in total. The van der Waals surface area contributed by atoms with Gasteiger partial charge in [0.15, 0.2) is 0 Å². The molecule has 2 aromatic carbocycles. The van der Waals surface area contributed by atoms with E-state index in [4.69, 9.17) is 4.74 Å². The summed E-state index contributed by atoms with van der Waals surface area (Å²) in [6.07, 6.45) is 0. The van der Waals surface area contributed by atoms with Crippen molar-refractivity contribution in [3.8, 4) is 5.75 Å². The van der Waals surface area contributed by atoms with Gasteiger partial charge in [-0.25, -0.2) is 0 Å². The van der Waals surface area contributed by atoms with Crippen molar-refractivity contribution in [1.82, 2.24) is 4.90 Å². The van der Waals surface area contributed by atoms with Crippen molar-refractivity contribution in [2.75, 3.05) is 14.2 Å². The molecule has 1 amide bonds. The van der Waals surface area contributed by atoms with Crippen LogP contribution in [0.15, 0.2) is 51.8 Å². The Hall–Kier alpha value is -1.46. The van der Waals surface area contributed by atoms with Crippen LogP contribution in [0.5, 0.6) is 5.75 Å². The molecule has 0 aliphatic rings. The third-order valence-electron chi connectivity index (χ3n) is 3.12. The van der Waals surface area contributed by atoms with Crippen LogP contribution < -0.4 is 4.74 Å². The molecule has 0 saturated carbocycles. The number of halogens is 1. The van der Waals surface area contributed by atoms with Crippen LogP contribution in [0.2, 0.25) is 0 Å². The lowest BCUT2D eigenvalue weighted by Crippen LogP contribution is -2.26. The van der Waals surface area contributed by atoms with Crippen LogP contribution in [0.25, 0.3) is 0 Å². The second-order valence-corrected chi connectivity index (χ2v) is 6.07. The molecule has 21 heavy (non-hydrogen) atoms. The Morgan fingerprint density at radius 1 is 1.24 bits per heavy atom. The number of ether oxygens (including phenoxy) is 1. The molecule has 0 radical (unpaired) electrons. The number of hydrogen-bond acceptors (Lipinski definition) is 3. The normalized spacial score (nSPS) is 10.3. The van der Waals surface area contributed by atoms with Crippen LogP contribution in [0.3, 0.4) is 0 Å². The molecule has 0 heterocycles. The summed E-state index contributed by atoms with van der Waals surface area (Å²) in [4.78, 5) is 14.8. The number of benzene rings is 2. The second kappa shape index (κ2) is 7.00. The monoisotopic (exact) mass is 365 g/mol. The van der Waals surface area contributed by atoms with E-state index in [9.17, 15) is 4.79 Å². The van der Waals surface area contributed by atoms with E-state index in [1.807, 2.05) is 36.4 Å². The van der Waals surface area contributed by atoms with Crippen molar-refractivity contribution in [3.63, 3.8) is 0 Å². The average molecular weight is 366 g/mol. The molecule has 5 heteroatoms. The number of carbonyl (C=O) groups excluding carboxylic acids is 1. The molecule has 0 aliphatic carbocycles.